The molecule has 0 spiro atoms. The van der Waals surface area contributed by atoms with E-state index < -0.39 is 5.60 Å². The lowest BCUT2D eigenvalue weighted by Gasteiger charge is -2.43. The summed E-state index contributed by atoms with van der Waals surface area (Å²) in [7, 11) is 0. The van der Waals surface area contributed by atoms with Crippen LogP contribution in [0, 0.1) is 0 Å². The predicted octanol–water partition coefficient (Wildman–Crippen LogP) is 2.01. The second kappa shape index (κ2) is 3.04. The lowest BCUT2D eigenvalue weighted by molar-refractivity contribution is -0.0286. The number of hydrogen-bond donors (Lipinski definition) is 2. The van der Waals surface area contributed by atoms with Crippen LogP contribution in [0.4, 0.5) is 5.69 Å². The maximum atomic E-state index is 9.77. The van der Waals surface area contributed by atoms with Gasteiger partial charge < -0.3 is 10.4 Å². The Morgan fingerprint density at radius 1 is 1.38 bits per heavy atom. The number of rotatable bonds is 2. The Labute approximate surface area is 78.6 Å². The van der Waals surface area contributed by atoms with Crippen LogP contribution in [0.25, 0.3) is 0 Å². The second-order valence-electron chi connectivity index (χ2n) is 3.96. The molecule has 1 fully saturated rings. The molecule has 2 heteroatoms. The zero-order chi connectivity index (χ0) is 9.31. The molecule has 2 rings (SSSR count). The highest BCUT2D eigenvalue weighted by Gasteiger charge is 2.40. The lowest BCUT2D eigenvalue weighted by atomic mass is 9.76. The topological polar surface area (TPSA) is 32.3 Å². The van der Waals surface area contributed by atoms with Gasteiger partial charge in [0.1, 0.15) is 0 Å². The van der Waals surface area contributed by atoms with E-state index in [2.05, 4.69) is 5.32 Å². The SMILES string of the molecule is C[C@]1(O)CC[C@@H]1Nc1ccccc1. The van der Waals surface area contributed by atoms with Crippen LogP contribution in [0.5, 0.6) is 0 Å². The second-order valence-corrected chi connectivity index (χ2v) is 3.96. The summed E-state index contributed by atoms with van der Waals surface area (Å²) in [5, 5.41) is 13.1. The zero-order valence-electron chi connectivity index (χ0n) is 7.83. The third-order valence-corrected chi connectivity index (χ3v) is 2.80. The average Bonchev–Trinajstić information content (AvgIpc) is 2.15. The van der Waals surface area contributed by atoms with E-state index in [1.165, 1.54) is 0 Å². The maximum Gasteiger partial charge on any atom is 0.0820 e. The quantitative estimate of drug-likeness (QED) is 0.724. The Hall–Kier alpha value is -1.02. The fourth-order valence-electron chi connectivity index (χ4n) is 1.67. The molecule has 0 unspecified atom stereocenters. The van der Waals surface area contributed by atoms with Crippen LogP contribution >= 0.6 is 0 Å². The Balaban J connectivity index is 2.00. The number of hydrogen-bond acceptors (Lipinski definition) is 2. The van der Waals surface area contributed by atoms with Gasteiger partial charge in [-0.25, -0.2) is 0 Å². The molecule has 1 saturated carbocycles. The third-order valence-electron chi connectivity index (χ3n) is 2.80. The van der Waals surface area contributed by atoms with Crippen LogP contribution in [0.1, 0.15) is 19.8 Å². The minimum atomic E-state index is -0.518. The zero-order valence-corrected chi connectivity index (χ0v) is 7.83. The van der Waals surface area contributed by atoms with E-state index in [0.717, 1.165) is 18.5 Å². The van der Waals surface area contributed by atoms with Crippen molar-refractivity contribution in [2.24, 2.45) is 0 Å². The molecule has 13 heavy (non-hydrogen) atoms. The molecule has 0 aliphatic heterocycles. The largest absolute Gasteiger partial charge is 0.388 e. The van der Waals surface area contributed by atoms with Crippen molar-refractivity contribution < 1.29 is 5.11 Å². The minimum absolute atomic E-state index is 0.217. The van der Waals surface area contributed by atoms with Gasteiger partial charge in [0, 0.05) is 5.69 Å². The number of nitrogens with one attached hydrogen (secondary N) is 1. The number of benzene rings is 1. The molecule has 0 amide bonds. The first-order chi connectivity index (χ1) is 6.18. The summed E-state index contributed by atoms with van der Waals surface area (Å²) in [6, 6.07) is 10.2. The first-order valence-electron chi connectivity index (χ1n) is 4.72. The average molecular weight is 177 g/mol. The van der Waals surface area contributed by atoms with Crippen LogP contribution in [-0.4, -0.2) is 16.7 Å². The van der Waals surface area contributed by atoms with E-state index >= 15 is 0 Å². The lowest BCUT2D eigenvalue weighted by Crippen LogP contribution is -2.53. The van der Waals surface area contributed by atoms with Gasteiger partial charge in [-0.15, -0.1) is 0 Å². The van der Waals surface area contributed by atoms with Crippen molar-refractivity contribution in [3.05, 3.63) is 30.3 Å². The summed E-state index contributed by atoms with van der Waals surface area (Å²) in [5.74, 6) is 0. The molecule has 0 radical (unpaired) electrons. The molecule has 0 saturated heterocycles. The molecule has 0 heterocycles. The first kappa shape index (κ1) is 8.57. The molecule has 70 valence electrons. The number of anilines is 1. The molecule has 0 bridgehead atoms. The van der Waals surface area contributed by atoms with Crippen molar-refractivity contribution in [2.75, 3.05) is 5.32 Å². The fourth-order valence-corrected chi connectivity index (χ4v) is 1.67. The molecular weight excluding hydrogens is 162 g/mol. The van der Waals surface area contributed by atoms with E-state index in [9.17, 15) is 5.11 Å². The highest BCUT2D eigenvalue weighted by atomic mass is 16.3. The number of para-hydroxylation sites is 1. The molecule has 2 atom stereocenters. The Kier molecular flexibility index (Phi) is 2.00. The molecule has 0 aromatic heterocycles. The van der Waals surface area contributed by atoms with Crippen LogP contribution in [0.2, 0.25) is 0 Å². The van der Waals surface area contributed by atoms with Crippen LogP contribution in [-0.2, 0) is 0 Å². The van der Waals surface area contributed by atoms with Crippen LogP contribution < -0.4 is 5.32 Å². The van der Waals surface area contributed by atoms with Gasteiger partial charge in [-0.2, -0.15) is 0 Å². The van der Waals surface area contributed by atoms with Gasteiger partial charge in [-0.1, -0.05) is 18.2 Å². The summed E-state index contributed by atoms with van der Waals surface area (Å²) in [6.07, 6.45) is 1.96. The van der Waals surface area contributed by atoms with Gasteiger partial charge in [0.15, 0.2) is 0 Å². The molecule has 2 N–H and O–H groups in total. The third kappa shape index (κ3) is 1.68. The van der Waals surface area contributed by atoms with Crippen molar-refractivity contribution in [1.82, 2.24) is 0 Å². The van der Waals surface area contributed by atoms with Crippen molar-refractivity contribution in [3.63, 3.8) is 0 Å². The van der Waals surface area contributed by atoms with Crippen molar-refractivity contribution >= 4 is 5.69 Å². The Bertz CT molecular complexity index is 281. The first-order valence-corrected chi connectivity index (χ1v) is 4.72. The molecule has 2 nitrogen and oxygen atoms in total. The van der Waals surface area contributed by atoms with Gasteiger partial charge in [0.2, 0.25) is 0 Å². The standard InChI is InChI=1S/C11H15NO/c1-11(13)8-7-10(11)12-9-5-3-2-4-6-9/h2-6,10,12-13H,7-8H2,1H3/t10-,11-/m0/s1. The monoisotopic (exact) mass is 177 g/mol. The number of aliphatic hydroxyl groups is 1. The van der Waals surface area contributed by atoms with Crippen LogP contribution in [0.3, 0.4) is 0 Å². The summed E-state index contributed by atoms with van der Waals surface area (Å²) in [5.41, 5.74) is 0.572. The van der Waals surface area contributed by atoms with Gasteiger partial charge in [-0.05, 0) is 31.9 Å². The summed E-state index contributed by atoms with van der Waals surface area (Å²) >= 11 is 0. The van der Waals surface area contributed by atoms with Crippen molar-refractivity contribution in [1.29, 1.82) is 0 Å². The van der Waals surface area contributed by atoms with E-state index in [-0.39, 0.29) is 6.04 Å². The molecule has 1 aliphatic carbocycles. The van der Waals surface area contributed by atoms with Gasteiger partial charge in [0.25, 0.3) is 0 Å². The van der Waals surface area contributed by atoms with Gasteiger partial charge in [0.05, 0.1) is 11.6 Å². The van der Waals surface area contributed by atoms with E-state index in [0.29, 0.717) is 0 Å². The van der Waals surface area contributed by atoms with Crippen molar-refractivity contribution in [2.45, 2.75) is 31.4 Å². The van der Waals surface area contributed by atoms with E-state index in [4.69, 9.17) is 0 Å². The normalized spacial score (nSPS) is 32.3. The van der Waals surface area contributed by atoms with Crippen molar-refractivity contribution in [3.8, 4) is 0 Å². The predicted molar refractivity (Wildman–Crippen MR) is 53.7 cm³/mol. The summed E-state index contributed by atoms with van der Waals surface area (Å²) < 4.78 is 0. The fraction of sp³-hybridized carbons (Fsp3) is 0.455. The Morgan fingerprint density at radius 2 is 2.08 bits per heavy atom. The smallest absolute Gasteiger partial charge is 0.0820 e. The highest BCUT2D eigenvalue weighted by molar-refractivity contribution is 5.44. The van der Waals surface area contributed by atoms with E-state index in [1.807, 2.05) is 37.3 Å². The van der Waals surface area contributed by atoms with Gasteiger partial charge in [-0.3, -0.25) is 0 Å². The van der Waals surface area contributed by atoms with E-state index in [1.54, 1.807) is 0 Å². The highest BCUT2D eigenvalue weighted by Crippen LogP contribution is 2.33. The molecular formula is C11H15NO. The molecule has 1 aromatic rings. The van der Waals surface area contributed by atoms with Gasteiger partial charge >= 0.3 is 0 Å². The van der Waals surface area contributed by atoms with Crippen LogP contribution in [0.15, 0.2) is 30.3 Å². The molecule has 1 aromatic carbocycles. The summed E-state index contributed by atoms with van der Waals surface area (Å²) in [4.78, 5) is 0. The molecule has 1 aliphatic rings. The Morgan fingerprint density at radius 3 is 2.54 bits per heavy atom. The minimum Gasteiger partial charge on any atom is -0.388 e. The summed E-state index contributed by atoms with van der Waals surface area (Å²) in [6.45, 7) is 1.89. The maximum absolute atomic E-state index is 9.77.